The van der Waals surface area contributed by atoms with Crippen molar-refractivity contribution in [3.8, 4) is 5.75 Å². The van der Waals surface area contributed by atoms with Gasteiger partial charge in [-0.25, -0.2) is 0 Å². The molecule has 0 saturated heterocycles. The average molecular weight is 358 g/mol. The van der Waals surface area contributed by atoms with Crippen molar-refractivity contribution in [1.82, 2.24) is 0 Å². The third-order valence-corrected chi connectivity index (χ3v) is 3.82. The summed E-state index contributed by atoms with van der Waals surface area (Å²) in [5.74, 6) is 0.196. The van der Waals surface area contributed by atoms with Gasteiger partial charge in [-0.15, -0.1) is 0 Å². The molecule has 0 aliphatic rings. The molecule has 0 saturated carbocycles. The summed E-state index contributed by atoms with van der Waals surface area (Å²) in [6.07, 6.45) is 0.703. The van der Waals surface area contributed by atoms with E-state index in [-0.39, 0.29) is 23.1 Å². The molecule has 0 aromatic heterocycles. The van der Waals surface area contributed by atoms with Gasteiger partial charge in [0.15, 0.2) is 5.78 Å². The summed E-state index contributed by atoms with van der Waals surface area (Å²) >= 11 is 3.35. The molecule has 21 heavy (non-hydrogen) atoms. The number of ether oxygens (including phenoxy) is 2. The molecule has 5 nitrogen and oxygen atoms in total. The summed E-state index contributed by atoms with van der Waals surface area (Å²) in [4.78, 5) is 23.5. The Hall–Kier alpha value is -1.40. The third-order valence-electron chi connectivity index (χ3n) is 2.76. The normalized spacial score (nSPS) is 11.8. The zero-order valence-electron chi connectivity index (χ0n) is 12.4. The highest BCUT2D eigenvalue weighted by Gasteiger charge is 2.17. The van der Waals surface area contributed by atoms with Crippen LogP contribution in [-0.4, -0.2) is 36.8 Å². The quantitative estimate of drug-likeness (QED) is 0.573. The van der Waals surface area contributed by atoms with Crippen LogP contribution in [0.2, 0.25) is 0 Å². The first-order valence-corrected chi connectivity index (χ1v) is 7.68. The molecule has 6 heteroatoms. The van der Waals surface area contributed by atoms with Crippen LogP contribution >= 0.6 is 15.9 Å². The van der Waals surface area contributed by atoms with Gasteiger partial charge in [-0.1, -0.05) is 22.9 Å². The van der Waals surface area contributed by atoms with Gasteiger partial charge in [0, 0.05) is 12.7 Å². The van der Waals surface area contributed by atoms with Crippen LogP contribution < -0.4 is 10.1 Å². The molecule has 0 fully saturated rings. The first-order chi connectivity index (χ1) is 10.0. The lowest BCUT2D eigenvalue weighted by Crippen LogP contribution is -2.18. The van der Waals surface area contributed by atoms with Crippen molar-refractivity contribution in [2.75, 3.05) is 25.6 Å². The van der Waals surface area contributed by atoms with Crippen molar-refractivity contribution in [1.29, 1.82) is 0 Å². The van der Waals surface area contributed by atoms with Crippen LogP contribution in [0.5, 0.6) is 5.75 Å². The lowest BCUT2D eigenvalue weighted by atomic mass is 10.1. The minimum absolute atomic E-state index is 0.00628. The van der Waals surface area contributed by atoms with E-state index in [4.69, 9.17) is 9.47 Å². The second kappa shape index (κ2) is 8.79. The predicted octanol–water partition coefficient (Wildman–Crippen LogP) is 3.03. The first kappa shape index (κ1) is 17.7. The van der Waals surface area contributed by atoms with Gasteiger partial charge in [0.1, 0.15) is 12.4 Å². The zero-order valence-corrected chi connectivity index (χ0v) is 14.0. The molecule has 1 atom stereocenters. The average Bonchev–Trinajstić information content (AvgIpc) is 2.48. The van der Waals surface area contributed by atoms with Gasteiger partial charge >= 0.3 is 0 Å². The van der Waals surface area contributed by atoms with Crippen molar-refractivity contribution < 1.29 is 19.1 Å². The van der Waals surface area contributed by atoms with Gasteiger partial charge in [-0.3, -0.25) is 9.59 Å². The van der Waals surface area contributed by atoms with Crippen LogP contribution in [0.4, 0.5) is 5.69 Å². The maximum Gasteiger partial charge on any atom is 0.250 e. The molecule has 0 bridgehead atoms. The second-order valence-electron chi connectivity index (χ2n) is 4.37. The molecule has 0 spiro atoms. The number of benzene rings is 1. The van der Waals surface area contributed by atoms with Gasteiger partial charge < -0.3 is 14.8 Å². The summed E-state index contributed by atoms with van der Waals surface area (Å²) in [6.45, 7) is 4.18. The highest BCUT2D eigenvalue weighted by atomic mass is 79.9. The van der Waals surface area contributed by atoms with Crippen LogP contribution in [0.15, 0.2) is 18.2 Å². The third kappa shape index (κ3) is 5.13. The van der Waals surface area contributed by atoms with Crippen LogP contribution in [0.25, 0.3) is 0 Å². The maximum absolute atomic E-state index is 12.2. The fraction of sp³-hybridized carbons (Fsp3) is 0.467. The molecule has 1 N–H and O–H groups in total. The minimum atomic E-state index is -0.274. The van der Waals surface area contributed by atoms with Crippen LogP contribution in [0.3, 0.4) is 0 Å². The Morgan fingerprint density at radius 2 is 2.05 bits per heavy atom. The number of hydrogen-bond acceptors (Lipinski definition) is 4. The van der Waals surface area contributed by atoms with Crippen LogP contribution in [0.1, 0.15) is 30.6 Å². The number of Topliss-reactive ketones (excluding diaryl/α,β-unsaturated/α-hetero) is 1. The Labute approximate surface area is 133 Å². The van der Waals surface area contributed by atoms with E-state index in [0.717, 1.165) is 0 Å². The van der Waals surface area contributed by atoms with Gasteiger partial charge in [-0.05, 0) is 31.5 Å². The number of rotatable bonds is 8. The lowest BCUT2D eigenvalue weighted by molar-refractivity contribution is -0.119. The van der Waals surface area contributed by atoms with Crippen molar-refractivity contribution >= 4 is 33.3 Å². The molecule has 0 aliphatic heterocycles. The number of carbonyl (C=O) groups is 2. The van der Waals surface area contributed by atoms with E-state index in [1.807, 2.05) is 13.8 Å². The number of hydrogen-bond donors (Lipinski definition) is 1. The molecule has 1 aromatic rings. The zero-order chi connectivity index (χ0) is 15.8. The van der Waals surface area contributed by atoms with Crippen LogP contribution in [0, 0.1) is 0 Å². The van der Waals surface area contributed by atoms with Crippen molar-refractivity contribution in [3.63, 3.8) is 0 Å². The summed E-state index contributed by atoms with van der Waals surface area (Å²) < 4.78 is 10.3. The molecular weight excluding hydrogens is 338 g/mol. The van der Waals surface area contributed by atoms with Gasteiger partial charge in [0.25, 0.3) is 0 Å². The lowest BCUT2D eigenvalue weighted by Gasteiger charge is -2.14. The second-order valence-corrected chi connectivity index (χ2v) is 5.47. The molecule has 1 unspecified atom stereocenters. The minimum Gasteiger partial charge on any atom is -0.492 e. The van der Waals surface area contributed by atoms with Crippen molar-refractivity contribution in [2.45, 2.75) is 25.1 Å². The Morgan fingerprint density at radius 1 is 1.33 bits per heavy atom. The van der Waals surface area contributed by atoms with E-state index in [0.29, 0.717) is 30.0 Å². The topological polar surface area (TPSA) is 64.6 Å². The van der Waals surface area contributed by atoms with E-state index in [1.165, 1.54) is 7.11 Å². The monoisotopic (exact) mass is 357 g/mol. The van der Waals surface area contributed by atoms with Crippen LogP contribution in [-0.2, 0) is 9.53 Å². The Bertz CT molecular complexity index is 504. The maximum atomic E-state index is 12.2. The summed E-state index contributed by atoms with van der Waals surface area (Å²) in [7, 11) is 1.45. The number of methoxy groups -OCH3 is 1. The molecule has 1 amide bonds. The highest BCUT2D eigenvalue weighted by Crippen LogP contribution is 2.27. The Morgan fingerprint density at radius 3 is 2.62 bits per heavy atom. The predicted molar refractivity (Wildman–Crippen MR) is 85.5 cm³/mol. The fourth-order valence-corrected chi connectivity index (χ4v) is 2.00. The molecule has 116 valence electrons. The number of anilines is 1. The number of ketones is 1. The number of amides is 1. The molecule has 1 rings (SSSR count). The summed E-state index contributed by atoms with van der Waals surface area (Å²) in [5.41, 5.74) is 1.07. The smallest absolute Gasteiger partial charge is 0.250 e. The van der Waals surface area contributed by atoms with E-state index in [1.54, 1.807) is 18.2 Å². The SMILES string of the molecule is CCOc1cc(C(=O)C(Br)CC)ccc1NC(=O)COC. The van der Waals surface area contributed by atoms with E-state index in [9.17, 15) is 9.59 Å². The van der Waals surface area contributed by atoms with Gasteiger partial charge in [-0.2, -0.15) is 0 Å². The molecule has 0 radical (unpaired) electrons. The number of halogens is 1. The standard InChI is InChI=1S/C15H20BrNO4/c1-4-11(16)15(19)10-6-7-12(13(8-10)21-5-2)17-14(18)9-20-3/h6-8,11H,4-5,9H2,1-3H3,(H,17,18). The highest BCUT2D eigenvalue weighted by molar-refractivity contribution is 9.10. The number of nitrogens with one attached hydrogen (secondary N) is 1. The van der Waals surface area contributed by atoms with Gasteiger partial charge in [0.05, 0.1) is 17.1 Å². The largest absolute Gasteiger partial charge is 0.492 e. The van der Waals surface area contributed by atoms with Gasteiger partial charge in [0.2, 0.25) is 5.91 Å². The fourth-order valence-electron chi connectivity index (χ4n) is 1.74. The van der Waals surface area contributed by atoms with E-state index < -0.39 is 0 Å². The first-order valence-electron chi connectivity index (χ1n) is 6.77. The molecule has 0 aliphatic carbocycles. The van der Waals surface area contributed by atoms with Crippen molar-refractivity contribution in [2.24, 2.45) is 0 Å². The Balaban J connectivity index is 3.01. The Kier molecular flexibility index (Phi) is 7.39. The number of alkyl halides is 1. The number of carbonyl (C=O) groups excluding carboxylic acids is 2. The summed E-state index contributed by atoms with van der Waals surface area (Å²) in [5, 5.41) is 2.69. The van der Waals surface area contributed by atoms with E-state index >= 15 is 0 Å². The summed E-state index contributed by atoms with van der Waals surface area (Å²) in [6, 6.07) is 5.00. The van der Waals surface area contributed by atoms with E-state index in [2.05, 4.69) is 21.2 Å². The molecular formula is C15H20BrNO4. The van der Waals surface area contributed by atoms with Crippen molar-refractivity contribution in [3.05, 3.63) is 23.8 Å². The molecule has 0 heterocycles. The molecule has 1 aromatic carbocycles.